The summed E-state index contributed by atoms with van der Waals surface area (Å²) in [5, 5.41) is 7.04. The fourth-order valence-corrected chi connectivity index (χ4v) is 2.65. The lowest BCUT2D eigenvalue weighted by Crippen LogP contribution is -2.29. The number of nitrogens with zero attached hydrogens (tertiary/aromatic N) is 2. The van der Waals surface area contributed by atoms with Crippen LogP contribution in [0.4, 0.5) is 0 Å². The summed E-state index contributed by atoms with van der Waals surface area (Å²) in [4.78, 5) is 14.2. The molecule has 0 radical (unpaired) electrons. The molecule has 1 amide bonds. The molecule has 2 heterocycles. The van der Waals surface area contributed by atoms with E-state index in [9.17, 15) is 4.79 Å². The van der Waals surface area contributed by atoms with E-state index in [2.05, 4.69) is 16.8 Å². The van der Waals surface area contributed by atoms with Gasteiger partial charge in [-0.2, -0.15) is 5.10 Å². The third-order valence-electron chi connectivity index (χ3n) is 3.48. The van der Waals surface area contributed by atoms with Crippen LogP contribution in [0, 0.1) is 6.92 Å². The number of carbonyl (C=O) groups excluding carboxylic acids is 1. The summed E-state index contributed by atoms with van der Waals surface area (Å²) in [6, 6.07) is 9.95. The van der Waals surface area contributed by atoms with Gasteiger partial charge in [0.25, 0.3) is 5.91 Å². The first-order valence-electron chi connectivity index (χ1n) is 6.25. The number of benzene rings is 1. The summed E-state index contributed by atoms with van der Waals surface area (Å²) in [7, 11) is 0. The molecule has 1 aromatic carbocycles. The zero-order valence-corrected chi connectivity index (χ0v) is 10.8. The molecule has 96 valence electrons. The number of fused-ring (bicyclic) bond motifs is 1. The second-order valence-corrected chi connectivity index (χ2v) is 4.67. The predicted molar refractivity (Wildman–Crippen MR) is 72.8 cm³/mol. The molecule has 1 aromatic heterocycles. The summed E-state index contributed by atoms with van der Waals surface area (Å²) in [6.07, 6.45) is 1.75. The maximum Gasteiger partial charge on any atom is 0.275 e. The second kappa shape index (κ2) is 4.39. The van der Waals surface area contributed by atoms with E-state index in [1.54, 1.807) is 11.0 Å². The van der Waals surface area contributed by atoms with Crippen molar-refractivity contribution in [2.75, 3.05) is 6.54 Å². The Hall–Kier alpha value is -2.36. The van der Waals surface area contributed by atoms with E-state index in [1.807, 2.05) is 37.3 Å². The van der Waals surface area contributed by atoms with E-state index >= 15 is 0 Å². The zero-order valence-electron chi connectivity index (χ0n) is 10.8. The lowest BCUT2D eigenvalue weighted by atomic mass is 9.99. The van der Waals surface area contributed by atoms with Gasteiger partial charge < -0.3 is 4.90 Å². The summed E-state index contributed by atoms with van der Waals surface area (Å²) >= 11 is 0. The number of rotatable bonds is 3. The van der Waals surface area contributed by atoms with E-state index in [4.69, 9.17) is 0 Å². The van der Waals surface area contributed by atoms with Crippen molar-refractivity contribution in [1.82, 2.24) is 15.1 Å². The van der Waals surface area contributed by atoms with Crippen LogP contribution in [0.2, 0.25) is 0 Å². The summed E-state index contributed by atoms with van der Waals surface area (Å²) in [5.74, 6) is -0.0342. The minimum absolute atomic E-state index is 0.0342. The topological polar surface area (TPSA) is 49.0 Å². The fourth-order valence-electron chi connectivity index (χ4n) is 2.65. The van der Waals surface area contributed by atoms with Gasteiger partial charge in [0, 0.05) is 17.8 Å². The first kappa shape index (κ1) is 11.7. The number of nitrogens with one attached hydrogen (secondary N) is 1. The van der Waals surface area contributed by atoms with Crippen LogP contribution < -0.4 is 0 Å². The van der Waals surface area contributed by atoms with Crippen molar-refractivity contribution in [2.45, 2.75) is 13.0 Å². The monoisotopic (exact) mass is 253 g/mol. The minimum atomic E-state index is -0.0690. The van der Waals surface area contributed by atoms with E-state index in [1.165, 1.54) is 0 Å². The number of hydrogen-bond acceptors (Lipinski definition) is 2. The molecule has 0 saturated heterocycles. The SMILES string of the molecule is C=CCN1C(=O)c2n[nH]c(C)c2C1c1ccccc1. The number of H-pyrrole nitrogens is 1. The normalized spacial score (nSPS) is 17.6. The molecule has 0 aliphatic carbocycles. The van der Waals surface area contributed by atoms with Gasteiger partial charge in [0.15, 0.2) is 5.69 Å². The van der Waals surface area contributed by atoms with Crippen LogP contribution in [0.3, 0.4) is 0 Å². The molecule has 1 aliphatic heterocycles. The Morgan fingerprint density at radius 1 is 1.42 bits per heavy atom. The molecular formula is C15H15N3O. The van der Waals surface area contributed by atoms with Gasteiger partial charge >= 0.3 is 0 Å². The molecule has 19 heavy (non-hydrogen) atoms. The van der Waals surface area contributed by atoms with Gasteiger partial charge in [0.2, 0.25) is 0 Å². The highest BCUT2D eigenvalue weighted by Gasteiger charge is 2.40. The van der Waals surface area contributed by atoms with Crippen molar-refractivity contribution in [3.05, 3.63) is 65.5 Å². The largest absolute Gasteiger partial charge is 0.322 e. The number of carbonyl (C=O) groups is 1. The van der Waals surface area contributed by atoms with Crippen molar-refractivity contribution in [1.29, 1.82) is 0 Å². The van der Waals surface area contributed by atoms with E-state index in [0.29, 0.717) is 12.2 Å². The molecule has 0 fully saturated rings. The van der Waals surface area contributed by atoms with Gasteiger partial charge in [0.05, 0.1) is 6.04 Å². The average molecular weight is 253 g/mol. The smallest absolute Gasteiger partial charge is 0.275 e. The van der Waals surface area contributed by atoms with E-state index in [0.717, 1.165) is 16.8 Å². The molecule has 4 heteroatoms. The first-order chi connectivity index (χ1) is 9.24. The lowest BCUT2D eigenvalue weighted by Gasteiger charge is -2.24. The van der Waals surface area contributed by atoms with Gasteiger partial charge in [-0.15, -0.1) is 6.58 Å². The molecule has 0 saturated carbocycles. The lowest BCUT2D eigenvalue weighted by molar-refractivity contribution is 0.0764. The Morgan fingerprint density at radius 2 is 2.16 bits per heavy atom. The van der Waals surface area contributed by atoms with Crippen LogP contribution in [0.25, 0.3) is 0 Å². The van der Waals surface area contributed by atoms with Crippen molar-refractivity contribution < 1.29 is 4.79 Å². The molecule has 1 unspecified atom stereocenters. The van der Waals surface area contributed by atoms with Gasteiger partial charge in [-0.1, -0.05) is 36.4 Å². The molecule has 0 bridgehead atoms. The van der Waals surface area contributed by atoms with Crippen molar-refractivity contribution in [3.8, 4) is 0 Å². The maximum absolute atomic E-state index is 12.4. The predicted octanol–water partition coefficient (Wildman–Crippen LogP) is 2.45. The van der Waals surface area contributed by atoms with Crippen LogP contribution in [0.15, 0.2) is 43.0 Å². The third-order valence-corrected chi connectivity index (χ3v) is 3.48. The number of aromatic amines is 1. The van der Waals surface area contributed by atoms with Gasteiger partial charge in [-0.05, 0) is 12.5 Å². The van der Waals surface area contributed by atoms with E-state index < -0.39 is 0 Å². The summed E-state index contributed by atoms with van der Waals surface area (Å²) in [5.41, 5.74) is 3.57. The molecule has 0 spiro atoms. The molecule has 4 nitrogen and oxygen atoms in total. The molecule has 1 atom stereocenters. The van der Waals surface area contributed by atoms with Crippen molar-refractivity contribution >= 4 is 5.91 Å². The van der Waals surface area contributed by atoms with Gasteiger partial charge in [0.1, 0.15) is 0 Å². The Morgan fingerprint density at radius 3 is 2.84 bits per heavy atom. The van der Waals surface area contributed by atoms with Crippen LogP contribution in [0.1, 0.15) is 33.4 Å². The van der Waals surface area contributed by atoms with Crippen LogP contribution >= 0.6 is 0 Å². The second-order valence-electron chi connectivity index (χ2n) is 4.67. The number of amides is 1. The van der Waals surface area contributed by atoms with Gasteiger partial charge in [-0.25, -0.2) is 0 Å². The Bertz CT molecular complexity index is 630. The van der Waals surface area contributed by atoms with Crippen molar-refractivity contribution in [2.24, 2.45) is 0 Å². The van der Waals surface area contributed by atoms with Crippen molar-refractivity contribution in [3.63, 3.8) is 0 Å². The summed E-state index contributed by atoms with van der Waals surface area (Å²) in [6.45, 7) is 6.21. The molecule has 3 rings (SSSR count). The van der Waals surface area contributed by atoms with E-state index in [-0.39, 0.29) is 11.9 Å². The highest BCUT2D eigenvalue weighted by Crippen LogP contribution is 2.38. The summed E-state index contributed by atoms with van der Waals surface area (Å²) < 4.78 is 0. The molecule has 2 aromatic rings. The van der Waals surface area contributed by atoms with Crippen LogP contribution in [-0.2, 0) is 0 Å². The van der Waals surface area contributed by atoms with Crippen LogP contribution in [0.5, 0.6) is 0 Å². The number of hydrogen-bond donors (Lipinski definition) is 1. The molecule has 1 aliphatic rings. The van der Waals surface area contributed by atoms with Gasteiger partial charge in [-0.3, -0.25) is 9.89 Å². The minimum Gasteiger partial charge on any atom is -0.322 e. The Labute approximate surface area is 111 Å². The quantitative estimate of drug-likeness (QED) is 0.854. The maximum atomic E-state index is 12.4. The third kappa shape index (κ3) is 1.68. The zero-order chi connectivity index (χ0) is 13.4. The highest BCUT2D eigenvalue weighted by atomic mass is 16.2. The number of aromatic nitrogens is 2. The average Bonchev–Trinajstić information content (AvgIpc) is 2.93. The first-order valence-corrected chi connectivity index (χ1v) is 6.25. The molecular weight excluding hydrogens is 238 g/mol. The Kier molecular flexibility index (Phi) is 2.71. The number of aryl methyl sites for hydroxylation is 1. The van der Waals surface area contributed by atoms with Crippen LogP contribution in [-0.4, -0.2) is 27.5 Å². The highest BCUT2D eigenvalue weighted by molar-refractivity contribution is 5.98. The Balaban J connectivity index is 2.15. The standard InChI is InChI=1S/C15H15N3O/c1-3-9-18-14(11-7-5-4-6-8-11)12-10(2)16-17-13(12)15(18)19/h3-8,14H,1,9H2,2H3,(H,16,17). The molecule has 1 N–H and O–H groups in total. The fraction of sp³-hybridized carbons (Fsp3) is 0.200.